The molecule has 1 heterocycles. The van der Waals surface area contributed by atoms with E-state index in [2.05, 4.69) is 17.0 Å². The summed E-state index contributed by atoms with van der Waals surface area (Å²) in [5, 5.41) is 0. The van der Waals surface area contributed by atoms with Crippen LogP contribution >= 0.6 is 0 Å². The first kappa shape index (κ1) is 14.6. The molecule has 2 atom stereocenters. The number of likely N-dealkylation sites (tertiary alicyclic amines) is 1. The standard InChI is InChI=1S/C18H25NO2/c1-21-18(20)16-10-8-14(9-11-16)13-19-12-4-6-15-5-2-3-7-17(15)19/h8-11,15,17H,2-7,12-13H2,1H3/t15-,17-/m1/s1. The zero-order chi connectivity index (χ0) is 14.7. The molecule has 0 spiro atoms. The Bertz CT molecular complexity index is 480. The van der Waals surface area contributed by atoms with Gasteiger partial charge in [0.1, 0.15) is 0 Å². The molecule has 0 radical (unpaired) electrons. The Morgan fingerprint density at radius 1 is 1.14 bits per heavy atom. The highest BCUT2D eigenvalue weighted by Crippen LogP contribution is 2.35. The van der Waals surface area contributed by atoms with Crippen molar-refractivity contribution in [2.75, 3.05) is 13.7 Å². The predicted octanol–water partition coefficient (Wildman–Crippen LogP) is 3.63. The fourth-order valence-electron chi connectivity index (χ4n) is 4.02. The minimum absolute atomic E-state index is 0.258. The van der Waals surface area contributed by atoms with Crippen LogP contribution in [0.1, 0.15) is 54.4 Å². The van der Waals surface area contributed by atoms with E-state index in [1.165, 1.54) is 57.7 Å². The third kappa shape index (κ3) is 3.29. The first-order chi connectivity index (χ1) is 10.3. The van der Waals surface area contributed by atoms with E-state index in [1.807, 2.05) is 12.1 Å². The van der Waals surface area contributed by atoms with Gasteiger partial charge in [0.15, 0.2) is 0 Å². The highest BCUT2D eigenvalue weighted by Gasteiger charge is 2.32. The number of hydrogen-bond donors (Lipinski definition) is 0. The van der Waals surface area contributed by atoms with Crippen LogP contribution in [0.3, 0.4) is 0 Å². The second kappa shape index (κ2) is 6.61. The van der Waals surface area contributed by atoms with E-state index in [1.54, 1.807) is 0 Å². The van der Waals surface area contributed by atoms with Crippen molar-refractivity contribution in [3.63, 3.8) is 0 Å². The fourth-order valence-corrected chi connectivity index (χ4v) is 4.02. The van der Waals surface area contributed by atoms with Gasteiger partial charge in [-0.2, -0.15) is 0 Å². The lowest BCUT2D eigenvalue weighted by Crippen LogP contribution is -2.46. The lowest BCUT2D eigenvalue weighted by molar-refractivity contribution is 0.0546. The van der Waals surface area contributed by atoms with Crippen LogP contribution in [0.15, 0.2) is 24.3 Å². The van der Waals surface area contributed by atoms with Crippen molar-refractivity contribution in [1.82, 2.24) is 4.90 Å². The monoisotopic (exact) mass is 287 g/mol. The number of methoxy groups -OCH3 is 1. The molecule has 21 heavy (non-hydrogen) atoms. The number of carbonyl (C=O) groups excluding carboxylic acids is 1. The molecular formula is C18H25NO2. The average Bonchev–Trinajstić information content (AvgIpc) is 2.55. The Morgan fingerprint density at radius 2 is 1.86 bits per heavy atom. The quantitative estimate of drug-likeness (QED) is 0.795. The molecule has 2 aliphatic rings. The van der Waals surface area contributed by atoms with Crippen LogP contribution in [0.5, 0.6) is 0 Å². The molecule has 1 aliphatic carbocycles. The van der Waals surface area contributed by atoms with Gasteiger partial charge in [-0.05, 0) is 55.8 Å². The Balaban J connectivity index is 1.66. The second-order valence-corrected chi connectivity index (χ2v) is 6.41. The van der Waals surface area contributed by atoms with Gasteiger partial charge >= 0.3 is 5.97 Å². The van der Waals surface area contributed by atoms with E-state index < -0.39 is 0 Å². The van der Waals surface area contributed by atoms with Crippen molar-refractivity contribution < 1.29 is 9.53 Å². The Labute approximate surface area is 127 Å². The van der Waals surface area contributed by atoms with Gasteiger partial charge in [0, 0.05) is 12.6 Å². The number of rotatable bonds is 3. The summed E-state index contributed by atoms with van der Waals surface area (Å²) in [7, 11) is 1.42. The fraction of sp³-hybridized carbons (Fsp3) is 0.611. The zero-order valence-electron chi connectivity index (χ0n) is 12.9. The van der Waals surface area contributed by atoms with Gasteiger partial charge in [0.05, 0.1) is 12.7 Å². The molecule has 1 saturated carbocycles. The smallest absolute Gasteiger partial charge is 0.337 e. The van der Waals surface area contributed by atoms with Crippen LogP contribution in [0, 0.1) is 5.92 Å². The molecule has 0 amide bonds. The molecule has 0 aromatic heterocycles. The topological polar surface area (TPSA) is 29.5 Å². The maximum Gasteiger partial charge on any atom is 0.337 e. The Kier molecular flexibility index (Phi) is 4.59. The minimum Gasteiger partial charge on any atom is -0.465 e. The lowest BCUT2D eigenvalue weighted by Gasteiger charge is -2.44. The predicted molar refractivity (Wildman–Crippen MR) is 83.2 cm³/mol. The van der Waals surface area contributed by atoms with Crippen LogP contribution in [0.4, 0.5) is 0 Å². The highest BCUT2D eigenvalue weighted by atomic mass is 16.5. The summed E-state index contributed by atoms with van der Waals surface area (Å²) in [5.41, 5.74) is 1.93. The molecule has 1 saturated heterocycles. The summed E-state index contributed by atoms with van der Waals surface area (Å²) in [6.45, 7) is 2.24. The summed E-state index contributed by atoms with van der Waals surface area (Å²) < 4.78 is 4.75. The molecule has 3 rings (SSSR count). The van der Waals surface area contributed by atoms with Gasteiger partial charge in [0.2, 0.25) is 0 Å². The van der Waals surface area contributed by atoms with Crippen LogP contribution in [0.2, 0.25) is 0 Å². The molecule has 1 aromatic rings. The molecule has 3 nitrogen and oxygen atoms in total. The van der Waals surface area contributed by atoms with Gasteiger partial charge in [0.25, 0.3) is 0 Å². The van der Waals surface area contributed by atoms with Crippen LogP contribution in [-0.4, -0.2) is 30.6 Å². The third-order valence-electron chi connectivity index (χ3n) is 5.12. The lowest BCUT2D eigenvalue weighted by atomic mass is 9.78. The molecule has 1 aliphatic heterocycles. The largest absolute Gasteiger partial charge is 0.465 e. The average molecular weight is 287 g/mol. The number of carbonyl (C=O) groups is 1. The SMILES string of the molecule is COC(=O)c1ccc(CN2CCC[C@H]3CCCC[C@H]32)cc1. The molecule has 3 heteroatoms. The maximum atomic E-state index is 11.5. The van der Waals surface area contributed by atoms with Crippen LogP contribution in [-0.2, 0) is 11.3 Å². The zero-order valence-corrected chi connectivity index (χ0v) is 12.9. The Morgan fingerprint density at radius 3 is 2.62 bits per heavy atom. The number of nitrogens with zero attached hydrogens (tertiary/aromatic N) is 1. The van der Waals surface area contributed by atoms with E-state index in [9.17, 15) is 4.79 Å². The van der Waals surface area contributed by atoms with Gasteiger partial charge in [-0.15, -0.1) is 0 Å². The molecule has 0 N–H and O–H groups in total. The summed E-state index contributed by atoms with van der Waals surface area (Å²) in [4.78, 5) is 14.1. The van der Waals surface area contributed by atoms with Gasteiger partial charge < -0.3 is 4.74 Å². The Hall–Kier alpha value is -1.35. The number of fused-ring (bicyclic) bond motifs is 1. The first-order valence-electron chi connectivity index (χ1n) is 8.19. The van der Waals surface area contributed by atoms with Crippen LogP contribution < -0.4 is 0 Å². The number of esters is 1. The number of piperidine rings is 1. The molecule has 2 fully saturated rings. The molecule has 1 aromatic carbocycles. The summed E-state index contributed by atoms with van der Waals surface area (Å²) >= 11 is 0. The summed E-state index contributed by atoms with van der Waals surface area (Å²) in [5.74, 6) is 0.661. The third-order valence-corrected chi connectivity index (χ3v) is 5.12. The molecule has 0 bridgehead atoms. The first-order valence-corrected chi connectivity index (χ1v) is 8.19. The van der Waals surface area contributed by atoms with Crippen LogP contribution in [0.25, 0.3) is 0 Å². The van der Waals surface area contributed by atoms with Crippen molar-refractivity contribution in [2.45, 2.75) is 51.1 Å². The van der Waals surface area contributed by atoms with Crippen molar-refractivity contribution >= 4 is 5.97 Å². The van der Waals surface area contributed by atoms with Gasteiger partial charge in [-0.1, -0.05) is 25.0 Å². The van der Waals surface area contributed by atoms with Crippen molar-refractivity contribution in [3.05, 3.63) is 35.4 Å². The number of benzene rings is 1. The maximum absolute atomic E-state index is 11.5. The van der Waals surface area contributed by atoms with E-state index in [0.717, 1.165) is 18.5 Å². The normalized spacial score (nSPS) is 26.1. The summed E-state index contributed by atoms with van der Waals surface area (Å²) in [6.07, 6.45) is 8.35. The van der Waals surface area contributed by atoms with E-state index in [0.29, 0.717) is 5.56 Å². The van der Waals surface area contributed by atoms with E-state index >= 15 is 0 Å². The van der Waals surface area contributed by atoms with Gasteiger partial charge in [-0.3, -0.25) is 4.90 Å². The molecule has 0 unspecified atom stereocenters. The van der Waals surface area contributed by atoms with E-state index in [-0.39, 0.29) is 5.97 Å². The molecule has 114 valence electrons. The van der Waals surface area contributed by atoms with E-state index in [4.69, 9.17) is 4.74 Å². The van der Waals surface area contributed by atoms with Crippen molar-refractivity contribution in [1.29, 1.82) is 0 Å². The summed E-state index contributed by atoms with van der Waals surface area (Å²) in [6, 6.07) is 8.68. The number of ether oxygens (including phenoxy) is 1. The number of hydrogen-bond acceptors (Lipinski definition) is 3. The second-order valence-electron chi connectivity index (χ2n) is 6.41. The molecular weight excluding hydrogens is 262 g/mol. The minimum atomic E-state index is -0.258. The van der Waals surface area contributed by atoms with Crippen molar-refractivity contribution in [3.8, 4) is 0 Å². The van der Waals surface area contributed by atoms with Crippen molar-refractivity contribution in [2.24, 2.45) is 5.92 Å². The van der Waals surface area contributed by atoms with Gasteiger partial charge in [-0.25, -0.2) is 4.79 Å². The highest BCUT2D eigenvalue weighted by molar-refractivity contribution is 5.89.